The molecular weight excluding hydrogens is 224 g/mol. The lowest BCUT2D eigenvalue weighted by Gasteiger charge is -2.21. The van der Waals surface area contributed by atoms with E-state index in [-0.39, 0.29) is 11.4 Å². The molecule has 1 aromatic carbocycles. The van der Waals surface area contributed by atoms with Crippen LogP contribution in [0.4, 0.5) is 0 Å². The molecule has 1 unspecified atom stereocenters. The van der Waals surface area contributed by atoms with Crippen LogP contribution in [-0.2, 0) is 0 Å². The molecule has 0 saturated heterocycles. The summed E-state index contributed by atoms with van der Waals surface area (Å²) in [6.07, 6.45) is 0. The monoisotopic (exact) mass is 240 g/mol. The van der Waals surface area contributed by atoms with Gasteiger partial charge in [-0.1, -0.05) is 0 Å². The Balaban J connectivity index is 2.80. The molecule has 1 atom stereocenters. The Morgan fingerprint density at radius 1 is 1.25 bits per heavy atom. The molecule has 0 spiro atoms. The Bertz CT molecular complexity index is 361. The topological polar surface area (TPSA) is 26.3 Å². The minimum Gasteiger partial charge on any atom is -0.488 e. The first-order valence-corrected chi connectivity index (χ1v) is 5.70. The summed E-state index contributed by atoms with van der Waals surface area (Å²) in [5, 5.41) is -0.491. The van der Waals surface area contributed by atoms with Crippen LogP contribution in [0.2, 0.25) is 0 Å². The van der Waals surface area contributed by atoms with Gasteiger partial charge in [-0.2, -0.15) is 0 Å². The minimum atomic E-state index is -0.491. The molecule has 0 saturated carbocycles. The van der Waals surface area contributed by atoms with E-state index in [1.807, 2.05) is 20.8 Å². The maximum atomic E-state index is 11.6. The lowest BCUT2D eigenvalue weighted by atomic mass is 10.1. The zero-order valence-electron chi connectivity index (χ0n) is 10.1. The van der Waals surface area contributed by atoms with Crippen LogP contribution in [0.25, 0.3) is 0 Å². The van der Waals surface area contributed by atoms with Gasteiger partial charge < -0.3 is 4.74 Å². The van der Waals surface area contributed by atoms with E-state index in [9.17, 15) is 4.79 Å². The molecule has 0 amide bonds. The van der Waals surface area contributed by atoms with Crippen molar-refractivity contribution in [3.05, 3.63) is 29.8 Å². The molecular formula is C13H17ClO2. The van der Waals surface area contributed by atoms with Gasteiger partial charge in [0.15, 0.2) is 5.78 Å². The van der Waals surface area contributed by atoms with E-state index < -0.39 is 5.38 Å². The van der Waals surface area contributed by atoms with Crippen molar-refractivity contribution < 1.29 is 9.53 Å². The van der Waals surface area contributed by atoms with E-state index in [4.69, 9.17) is 16.3 Å². The van der Waals surface area contributed by atoms with Gasteiger partial charge in [0.25, 0.3) is 0 Å². The first kappa shape index (κ1) is 13.0. The Morgan fingerprint density at radius 3 is 2.12 bits per heavy atom. The highest BCUT2D eigenvalue weighted by Crippen LogP contribution is 2.19. The predicted molar refractivity (Wildman–Crippen MR) is 66.5 cm³/mol. The number of benzene rings is 1. The van der Waals surface area contributed by atoms with Gasteiger partial charge in [-0.05, 0) is 52.0 Å². The van der Waals surface area contributed by atoms with Crippen molar-refractivity contribution in [2.24, 2.45) is 0 Å². The molecule has 0 fully saturated rings. The molecule has 88 valence electrons. The van der Waals surface area contributed by atoms with E-state index in [0.29, 0.717) is 5.56 Å². The van der Waals surface area contributed by atoms with Gasteiger partial charge in [0.05, 0.1) is 5.38 Å². The standard InChI is InChI=1S/C13H17ClO2/c1-9(14)12(15)10-5-7-11(8-6-10)16-13(2,3)4/h5-9H,1-4H3. The number of carbonyl (C=O) groups is 1. The highest BCUT2D eigenvalue weighted by atomic mass is 35.5. The quantitative estimate of drug-likeness (QED) is 0.595. The molecule has 0 N–H and O–H groups in total. The molecule has 1 rings (SSSR count). The van der Waals surface area contributed by atoms with Crippen molar-refractivity contribution in [1.29, 1.82) is 0 Å². The molecule has 0 aliphatic heterocycles. The van der Waals surface area contributed by atoms with Gasteiger partial charge in [0, 0.05) is 5.56 Å². The lowest BCUT2D eigenvalue weighted by Crippen LogP contribution is -2.23. The summed E-state index contributed by atoms with van der Waals surface area (Å²) in [5.74, 6) is 0.690. The first-order chi connectivity index (χ1) is 7.29. The second-order valence-electron chi connectivity index (χ2n) is 4.72. The molecule has 1 aromatic rings. The van der Waals surface area contributed by atoms with Crippen LogP contribution >= 0.6 is 11.6 Å². The number of Topliss-reactive ketones (excluding diaryl/α,β-unsaturated/α-hetero) is 1. The third kappa shape index (κ3) is 3.86. The van der Waals surface area contributed by atoms with Crippen molar-refractivity contribution >= 4 is 17.4 Å². The Hall–Kier alpha value is -1.02. The van der Waals surface area contributed by atoms with E-state index in [2.05, 4.69) is 0 Å². The molecule has 0 heterocycles. The fourth-order valence-electron chi connectivity index (χ4n) is 1.27. The van der Waals surface area contributed by atoms with Gasteiger partial charge in [-0.15, -0.1) is 11.6 Å². The average Bonchev–Trinajstić information content (AvgIpc) is 2.15. The number of hydrogen-bond donors (Lipinski definition) is 0. The largest absolute Gasteiger partial charge is 0.488 e. The van der Waals surface area contributed by atoms with Crippen LogP contribution in [0, 0.1) is 0 Å². The van der Waals surface area contributed by atoms with Crippen molar-refractivity contribution in [1.82, 2.24) is 0 Å². The zero-order valence-corrected chi connectivity index (χ0v) is 10.8. The van der Waals surface area contributed by atoms with E-state index >= 15 is 0 Å². The van der Waals surface area contributed by atoms with Crippen molar-refractivity contribution in [3.8, 4) is 5.75 Å². The molecule has 0 radical (unpaired) electrons. The van der Waals surface area contributed by atoms with Crippen LogP contribution in [0.5, 0.6) is 5.75 Å². The normalized spacial score (nSPS) is 13.3. The summed E-state index contributed by atoms with van der Waals surface area (Å²) < 4.78 is 5.65. The fraction of sp³-hybridized carbons (Fsp3) is 0.462. The van der Waals surface area contributed by atoms with Gasteiger partial charge >= 0.3 is 0 Å². The van der Waals surface area contributed by atoms with Gasteiger partial charge in [-0.3, -0.25) is 4.79 Å². The molecule has 0 bridgehead atoms. The SMILES string of the molecule is CC(Cl)C(=O)c1ccc(OC(C)(C)C)cc1. The number of ketones is 1. The highest BCUT2D eigenvalue weighted by molar-refractivity contribution is 6.33. The second-order valence-corrected chi connectivity index (χ2v) is 5.37. The Morgan fingerprint density at radius 2 is 1.75 bits per heavy atom. The van der Waals surface area contributed by atoms with Gasteiger partial charge in [0.1, 0.15) is 11.4 Å². The summed E-state index contributed by atoms with van der Waals surface area (Å²) in [7, 11) is 0. The van der Waals surface area contributed by atoms with E-state index in [1.54, 1.807) is 31.2 Å². The molecule has 0 aliphatic rings. The van der Waals surface area contributed by atoms with E-state index in [1.165, 1.54) is 0 Å². The Labute approximate surface area is 102 Å². The molecule has 16 heavy (non-hydrogen) atoms. The number of alkyl halides is 1. The summed E-state index contributed by atoms with van der Waals surface area (Å²) in [4.78, 5) is 11.6. The minimum absolute atomic E-state index is 0.0658. The number of hydrogen-bond acceptors (Lipinski definition) is 2. The lowest BCUT2D eigenvalue weighted by molar-refractivity contribution is 0.0991. The number of halogens is 1. The van der Waals surface area contributed by atoms with Crippen molar-refractivity contribution in [3.63, 3.8) is 0 Å². The smallest absolute Gasteiger partial charge is 0.180 e. The molecule has 3 heteroatoms. The summed E-state index contributed by atoms with van der Waals surface area (Å²) >= 11 is 5.73. The van der Waals surface area contributed by atoms with E-state index in [0.717, 1.165) is 5.75 Å². The Kier molecular flexibility index (Phi) is 3.98. The number of carbonyl (C=O) groups excluding carboxylic acids is 1. The van der Waals surface area contributed by atoms with Crippen molar-refractivity contribution in [2.75, 3.05) is 0 Å². The third-order valence-electron chi connectivity index (χ3n) is 1.92. The summed E-state index contributed by atoms with van der Waals surface area (Å²) in [6.45, 7) is 7.61. The highest BCUT2D eigenvalue weighted by Gasteiger charge is 2.14. The fourth-order valence-corrected chi connectivity index (χ4v) is 1.40. The molecule has 0 aliphatic carbocycles. The average molecular weight is 241 g/mol. The predicted octanol–water partition coefficient (Wildman–Crippen LogP) is 3.67. The van der Waals surface area contributed by atoms with Crippen LogP contribution in [0.1, 0.15) is 38.1 Å². The maximum absolute atomic E-state index is 11.6. The third-order valence-corrected chi connectivity index (χ3v) is 2.12. The number of ether oxygens (including phenoxy) is 1. The molecule has 0 aromatic heterocycles. The van der Waals surface area contributed by atoms with Crippen molar-refractivity contribution in [2.45, 2.75) is 38.7 Å². The number of rotatable bonds is 3. The van der Waals surface area contributed by atoms with Crippen LogP contribution in [0.15, 0.2) is 24.3 Å². The summed E-state index contributed by atoms with van der Waals surface area (Å²) in [5.41, 5.74) is 0.384. The van der Waals surface area contributed by atoms with Gasteiger partial charge in [-0.25, -0.2) is 0 Å². The van der Waals surface area contributed by atoms with Crippen LogP contribution in [0.3, 0.4) is 0 Å². The molecule has 2 nitrogen and oxygen atoms in total. The first-order valence-electron chi connectivity index (χ1n) is 5.27. The summed E-state index contributed by atoms with van der Waals surface area (Å²) in [6, 6.07) is 7.06. The zero-order chi connectivity index (χ0) is 12.3. The van der Waals surface area contributed by atoms with Gasteiger partial charge in [0.2, 0.25) is 0 Å². The van der Waals surface area contributed by atoms with Crippen LogP contribution in [-0.4, -0.2) is 16.8 Å². The maximum Gasteiger partial charge on any atom is 0.180 e. The second kappa shape index (κ2) is 4.88. The van der Waals surface area contributed by atoms with Crippen LogP contribution < -0.4 is 4.74 Å².